The van der Waals surface area contributed by atoms with Gasteiger partial charge < -0.3 is 10.6 Å². The highest BCUT2D eigenvalue weighted by molar-refractivity contribution is 7.10. The lowest BCUT2D eigenvalue weighted by atomic mass is 9.70. The molecule has 0 radical (unpaired) electrons. The normalized spacial score (nSPS) is 29.0. The number of thiophene rings is 1. The number of likely N-dealkylation sites (tertiary alicyclic amines) is 1. The zero-order valence-corrected chi connectivity index (χ0v) is 15.5. The van der Waals surface area contributed by atoms with Crippen molar-refractivity contribution in [1.82, 2.24) is 4.90 Å². The standard InChI is InChI=1S/C20H30N2OS/c21-16-6-4-8-19(16)11-13-22(14-12-19)18(23)20(9-2-1-3-10-20)17-7-5-15-24-17/h5,7,15-16H,1-4,6,8-14,21H2. The number of piperidine rings is 1. The van der Waals surface area contributed by atoms with E-state index < -0.39 is 0 Å². The fraction of sp³-hybridized carbons (Fsp3) is 0.750. The summed E-state index contributed by atoms with van der Waals surface area (Å²) in [5, 5.41) is 2.13. The Bertz CT molecular complexity index is 568. The fourth-order valence-corrected chi connectivity index (χ4v) is 6.49. The van der Waals surface area contributed by atoms with Crippen molar-refractivity contribution in [3.63, 3.8) is 0 Å². The Morgan fingerprint density at radius 3 is 2.42 bits per heavy atom. The largest absolute Gasteiger partial charge is 0.342 e. The summed E-state index contributed by atoms with van der Waals surface area (Å²) in [6.07, 6.45) is 11.7. The molecular formula is C20H30N2OS. The summed E-state index contributed by atoms with van der Waals surface area (Å²) in [4.78, 5) is 17.0. The van der Waals surface area contributed by atoms with Gasteiger partial charge in [-0.1, -0.05) is 31.7 Å². The maximum Gasteiger partial charge on any atom is 0.234 e. The molecule has 1 spiro atoms. The van der Waals surface area contributed by atoms with Crippen LogP contribution in [0.3, 0.4) is 0 Å². The van der Waals surface area contributed by atoms with Gasteiger partial charge >= 0.3 is 0 Å². The minimum absolute atomic E-state index is 0.227. The second-order valence-corrected chi connectivity index (χ2v) is 9.22. The van der Waals surface area contributed by atoms with E-state index in [0.29, 0.717) is 17.4 Å². The molecule has 2 N–H and O–H groups in total. The van der Waals surface area contributed by atoms with Crippen molar-refractivity contribution in [3.05, 3.63) is 22.4 Å². The Hall–Kier alpha value is -0.870. The van der Waals surface area contributed by atoms with Crippen LogP contribution >= 0.6 is 11.3 Å². The van der Waals surface area contributed by atoms with Gasteiger partial charge in [-0.15, -0.1) is 11.3 Å². The third-order valence-corrected chi connectivity index (χ3v) is 8.21. The molecule has 3 nitrogen and oxygen atoms in total. The molecule has 2 heterocycles. The van der Waals surface area contributed by atoms with E-state index in [1.165, 1.54) is 43.4 Å². The van der Waals surface area contributed by atoms with Gasteiger partial charge in [0, 0.05) is 24.0 Å². The molecule has 2 aliphatic carbocycles. The number of amides is 1. The van der Waals surface area contributed by atoms with Gasteiger partial charge in [-0.25, -0.2) is 0 Å². The van der Waals surface area contributed by atoms with E-state index in [0.717, 1.165) is 38.8 Å². The number of carbonyl (C=O) groups is 1. The Balaban J connectivity index is 1.52. The lowest BCUT2D eigenvalue weighted by Gasteiger charge is -2.46. The van der Waals surface area contributed by atoms with Gasteiger partial charge in [0.2, 0.25) is 5.91 Å². The Labute approximate surface area is 149 Å². The van der Waals surface area contributed by atoms with E-state index in [1.54, 1.807) is 11.3 Å². The molecule has 1 saturated heterocycles. The minimum atomic E-state index is -0.227. The third kappa shape index (κ3) is 2.62. The molecule has 0 bridgehead atoms. The van der Waals surface area contributed by atoms with Gasteiger partial charge in [-0.2, -0.15) is 0 Å². The number of hydrogen-bond acceptors (Lipinski definition) is 3. The molecule has 1 aliphatic heterocycles. The van der Waals surface area contributed by atoms with Gasteiger partial charge in [-0.05, 0) is 55.4 Å². The summed E-state index contributed by atoms with van der Waals surface area (Å²) >= 11 is 1.77. The molecule has 4 rings (SSSR count). The van der Waals surface area contributed by atoms with Crippen LogP contribution in [0.15, 0.2) is 17.5 Å². The molecule has 3 fully saturated rings. The van der Waals surface area contributed by atoms with Gasteiger partial charge in [-0.3, -0.25) is 4.79 Å². The predicted octanol–water partition coefficient (Wildman–Crippen LogP) is 4.07. The lowest BCUT2D eigenvalue weighted by molar-refractivity contribution is -0.141. The summed E-state index contributed by atoms with van der Waals surface area (Å²) in [5.41, 5.74) is 6.52. The number of rotatable bonds is 2. The van der Waals surface area contributed by atoms with Gasteiger partial charge in [0.25, 0.3) is 0 Å². The Kier molecular flexibility index (Phi) is 4.46. The first kappa shape index (κ1) is 16.6. The molecular weight excluding hydrogens is 316 g/mol. The van der Waals surface area contributed by atoms with Crippen molar-refractivity contribution >= 4 is 17.2 Å². The molecule has 1 aromatic heterocycles. The van der Waals surface area contributed by atoms with Crippen LogP contribution in [0.5, 0.6) is 0 Å². The van der Waals surface area contributed by atoms with Crippen LogP contribution in [0, 0.1) is 5.41 Å². The van der Waals surface area contributed by atoms with E-state index in [9.17, 15) is 4.79 Å². The van der Waals surface area contributed by atoms with Crippen molar-refractivity contribution in [2.45, 2.75) is 75.7 Å². The molecule has 24 heavy (non-hydrogen) atoms. The molecule has 1 unspecified atom stereocenters. The Morgan fingerprint density at radius 2 is 1.83 bits per heavy atom. The SMILES string of the molecule is NC1CCCC12CCN(C(=O)C1(c3cccs3)CCCCC1)CC2. The van der Waals surface area contributed by atoms with Crippen molar-refractivity contribution in [3.8, 4) is 0 Å². The first-order valence-corrected chi connectivity index (χ1v) is 10.6. The molecule has 132 valence electrons. The summed E-state index contributed by atoms with van der Waals surface area (Å²) in [7, 11) is 0. The lowest BCUT2D eigenvalue weighted by Crippen LogP contribution is -2.53. The topological polar surface area (TPSA) is 46.3 Å². The van der Waals surface area contributed by atoms with Gasteiger partial charge in [0.1, 0.15) is 0 Å². The van der Waals surface area contributed by atoms with Crippen molar-refractivity contribution in [1.29, 1.82) is 0 Å². The molecule has 3 aliphatic rings. The number of nitrogens with two attached hydrogens (primary N) is 1. The molecule has 1 aromatic rings. The van der Waals surface area contributed by atoms with Crippen molar-refractivity contribution in [2.75, 3.05) is 13.1 Å². The van der Waals surface area contributed by atoms with Gasteiger partial charge in [0.05, 0.1) is 5.41 Å². The van der Waals surface area contributed by atoms with Crippen LogP contribution in [0.4, 0.5) is 0 Å². The fourth-order valence-electron chi connectivity index (χ4n) is 5.52. The average molecular weight is 347 g/mol. The zero-order chi connectivity index (χ0) is 16.6. The smallest absolute Gasteiger partial charge is 0.234 e. The highest BCUT2D eigenvalue weighted by Crippen LogP contribution is 2.48. The third-order valence-electron chi connectivity index (χ3n) is 7.13. The minimum Gasteiger partial charge on any atom is -0.342 e. The number of carbonyl (C=O) groups excluding carboxylic acids is 1. The van der Waals surface area contributed by atoms with Crippen LogP contribution in [-0.2, 0) is 10.2 Å². The Morgan fingerprint density at radius 1 is 1.08 bits per heavy atom. The maximum absolute atomic E-state index is 13.6. The molecule has 0 aromatic carbocycles. The van der Waals surface area contributed by atoms with Crippen LogP contribution in [0.2, 0.25) is 0 Å². The first-order chi connectivity index (χ1) is 11.7. The van der Waals surface area contributed by atoms with Crippen LogP contribution in [0.1, 0.15) is 69.1 Å². The van der Waals surface area contributed by atoms with E-state index in [-0.39, 0.29) is 5.41 Å². The highest BCUT2D eigenvalue weighted by Gasteiger charge is 2.48. The molecule has 4 heteroatoms. The van der Waals surface area contributed by atoms with E-state index in [4.69, 9.17) is 5.73 Å². The van der Waals surface area contributed by atoms with Crippen LogP contribution < -0.4 is 5.73 Å². The second-order valence-electron chi connectivity index (χ2n) is 8.27. The summed E-state index contributed by atoms with van der Waals surface area (Å²) in [6, 6.07) is 4.65. The summed E-state index contributed by atoms with van der Waals surface area (Å²) < 4.78 is 0. The van der Waals surface area contributed by atoms with Gasteiger partial charge in [0.15, 0.2) is 0 Å². The second kappa shape index (κ2) is 6.45. The zero-order valence-electron chi connectivity index (χ0n) is 14.6. The van der Waals surface area contributed by atoms with Crippen molar-refractivity contribution < 1.29 is 4.79 Å². The molecule has 1 atom stereocenters. The monoisotopic (exact) mass is 346 g/mol. The van der Waals surface area contributed by atoms with Crippen LogP contribution in [-0.4, -0.2) is 29.9 Å². The quantitative estimate of drug-likeness (QED) is 0.877. The molecule has 2 saturated carbocycles. The number of nitrogens with zero attached hydrogens (tertiary/aromatic N) is 1. The first-order valence-electron chi connectivity index (χ1n) is 9.75. The highest BCUT2D eigenvalue weighted by atomic mass is 32.1. The van der Waals surface area contributed by atoms with Crippen molar-refractivity contribution in [2.24, 2.45) is 11.1 Å². The van der Waals surface area contributed by atoms with Crippen LogP contribution in [0.25, 0.3) is 0 Å². The molecule has 1 amide bonds. The predicted molar refractivity (Wildman–Crippen MR) is 99.2 cm³/mol. The average Bonchev–Trinajstić information content (AvgIpc) is 3.27. The summed E-state index contributed by atoms with van der Waals surface area (Å²) in [6.45, 7) is 1.83. The van der Waals surface area contributed by atoms with E-state index in [2.05, 4.69) is 22.4 Å². The number of hydrogen-bond donors (Lipinski definition) is 1. The summed E-state index contributed by atoms with van der Waals surface area (Å²) in [5.74, 6) is 0.408. The maximum atomic E-state index is 13.6. The van der Waals surface area contributed by atoms with E-state index in [1.807, 2.05) is 0 Å². The van der Waals surface area contributed by atoms with E-state index >= 15 is 0 Å².